The Morgan fingerprint density at radius 1 is 1.41 bits per heavy atom. The van der Waals surface area contributed by atoms with Crippen LogP contribution >= 0.6 is 11.6 Å². The van der Waals surface area contributed by atoms with Crippen molar-refractivity contribution in [3.63, 3.8) is 0 Å². The summed E-state index contributed by atoms with van der Waals surface area (Å²) in [4.78, 5) is 11.9. The molecule has 0 saturated carbocycles. The van der Waals surface area contributed by atoms with Crippen molar-refractivity contribution in [1.82, 2.24) is 9.78 Å². The summed E-state index contributed by atoms with van der Waals surface area (Å²) >= 11 is 5.93. The number of benzene rings is 1. The Hall–Kier alpha value is -1.86. The Labute approximate surface area is 134 Å². The van der Waals surface area contributed by atoms with Crippen LogP contribution in [0.25, 0.3) is 0 Å². The summed E-state index contributed by atoms with van der Waals surface area (Å²) in [6.45, 7) is 0. The summed E-state index contributed by atoms with van der Waals surface area (Å²) in [5.41, 5.74) is 1.14. The summed E-state index contributed by atoms with van der Waals surface area (Å²) in [5.74, 6) is -0.281. The van der Waals surface area contributed by atoms with Crippen molar-refractivity contribution in [2.24, 2.45) is 7.05 Å². The van der Waals surface area contributed by atoms with Gasteiger partial charge in [-0.25, -0.2) is 8.42 Å². The molecule has 1 N–H and O–H groups in total. The number of hydrogen-bond donors (Lipinski definition) is 1. The molecule has 0 saturated heterocycles. The maximum atomic E-state index is 12.0. The van der Waals surface area contributed by atoms with Crippen LogP contribution in [-0.4, -0.2) is 30.4 Å². The fourth-order valence-corrected chi connectivity index (χ4v) is 3.59. The van der Waals surface area contributed by atoms with Crippen LogP contribution in [0.4, 0.5) is 5.69 Å². The number of rotatable bonds is 5. The van der Waals surface area contributed by atoms with Gasteiger partial charge in [-0.1, -0.05) is 17.7 Å². The number of nitrogens with one attached hydrogen (secondary N) is 1. The van der Waals surface area contributed by atoms with E-state index < -0.39 is 9.84 Å². The molecule has 0 spiro atoms. The van der Waals surface area contributed by atoms with Crippen LogP contribution in [0.15, 0.2) is 35.5 Å². The van der Waals surface area contributed by atoms with E-state index in [9.17, 15) is 13.2 Å². The number of aromatic nitrogens is 2. The van der Waals surface area contributed by atoms with E-state index in [0.29, 0.717) is 6.42 Å². The predicted octanol–water partition coefficient (Wildman–Crippen LogP) is 2.05. The minimum atomic E-state index is -3.53. The summed E-state index contributed by atoms with van der Waals surface area (Å²) in [5, 5.41) is 6.72. The molecule has 0 fully saturated rings. The zero-order chi connectivity index (χ0) is 16.3. The van der Waals surface area contributed by atoms with Crippen LogP contribution in [0.2, 0.25) is 5.02 Å². The molecule has 1 aromatic heterocycles. The maximum Gasteiger partial charge on any atom is 0.224 e. The fraction of sp³-hybridized carbons (Fsp3) is 0.286. The maximum absolute atomic E-state index is 12.0. The molecular weight excluding hydrogens is 326 g/mol. The molecule has 6 nitrogen and oxygen atoms in total. The van der Waals surface area contributed by atoms with Crippen LogP contribution in [0.5, 0.6) is 0 Å². The summed E-state index contributed by atoms with van der Waals surface area (Å²) in [7, 11) is -1.73. The average molecular weight is 342 g/mol. The highest BCUT2D eigenvalue weighted by molar-refractivity contribution is 7.91. The largest absolute Gasteiger partial charge is 0.325 e. The van der Waals surface area contributed by atoms with E-state index in [1.807, 2.05) is 6.20 Å². The molecule has 0 atom stereocenters. The van der Waals surface area contributed by atoms with Gasteiger partial charge in [0.15, 0.2) is 9.84 Å². The highest BCUT2D eigenvalue weighted by Gasteiger charge is 2.18. The zero-order valence-electron chi connectivity index (χ0n) is 12.2. The van der Waals surface area contributed by atoms with E-state index in [4.69, 9.17) is 11.6 Å². The molecule has 0 aliphatic rings. The zero-order valence-corrected chi connectivity index (χ0v) is 13.8. The lowest BCUT2D eigenvalue weighted by atomic mass is 10.2. The molecular formula is C14H16ClN3O3S. The minimum absolute atomic E-state index is 0.0635. The normalized spacial score (nSPS) is 11.4. The summed E-state index contributed by atoms with van der Waals surface area (Å²) < 4.78 is 25.2. The summed E-state index contributed by atoms with van der Waals surface area (Å²) in [6.07, 6.45) is 5.32. The first-order valence-electron chi connectivity index (χ1n) is 6.53. The second-order valence-corrected chi connectivity index (χ2v) is 7.32. The molecule has 0 radical (unpaired) electrons. The lowest BCUT2D eigenvalue weighted by Crippen LogP contribution is -2.15. The first kappa shape index (κ1) is 16.5. The number of carbonyl (C=O) groups excluding carboxylic acids is 1. The number of nitrogens with zero attached hydrogens (tertiary/aromatic N) is 2. The van der Waals surface area contributed by atoms with Crippen LogP contribution in [-0.2, 0) is 28.1 Å². The third-order valence-electron chi connectivity index (χ3n) is 3.01. The van der Waals surface area contributed by atoms with Gasteiger partial charge >= 0.3 is 0 Å². The Bertz CT molecular complexity index is 799. The van der Waals surface area contributed by atoms with Crippen molar-refractivity contribution >= 4 is 33.0 Å². The Kier molecular flexibility index (Phi) is 4.87. The molecule has 22 heavy (non-hydrogen) atoms. The first-order chi connectivity index (χ1) is 10.3. The van der Waals surface area contributed by atoms with Crippen LogP contribution < -0.4 is 5.32 Å². The van der Waals surface area contributed by atoms with Crippen LogP contribution in [0, 0.1) is 0 Å². The average Bonchev–Trinajstić information content (AvgIpc) is 2.81. The van der Waals surface area contributed by atoms with Gasteiger partial charge in [0.05, 0.1) is 16.9 Å². The Morgan fingerprint density at radius 2 is 2.14 bits per heavy atom. The highest BCUT2D eigenvalue weighted by atomic mass is 35.5. The minimum Gasteiger partial charge on any atom is -0.325 e. The number of sulfone groups is 1. The monoisotopic (exact) mass is 341 g/mol. The Balaban J connectivity index is 2.10. The topological polar surface area (TPSA) is 81.1 Å². The van der Waals surface area contributed by atoms with Crippen molar-refractivity contribution < 1.29 is 13.2 Å². The van der Waals surface area contributed by atoms with Gasteiger partial charge in [-0.15, -0.1) is 0 Å². The second kappa shape index (κ2) is 6.50. The smallest absolute Gasteiger partial charge is 0.224 e. The van der Waals surface area contributed by atoms with Crippen molar-refractivity contribution in [2.45, 2.75) is 17.7 Å². The number of hydrogen-bond acceptors (Lipinski definition) is 4. The number of anilines is 1. The molecule has 1 aromatic carbocycles. The Morgan fingerprint density at radius 3 is 2.73 bits per heavy atom. The van der Waals surface area contributed by atoms with E-state index in [1.54, 1.807) is 24.0 Å². The molecule has 8 heteroatoms. The van der Waals surface area contributed by atoms with Gasteiger partial charge in [-0.2, -0.15) is 5.10 Å². The number of carbonyl (C=O) groups is 1. The molecule has 1 amide bonds. The van der Waals surface area contributed by atoms with Gasteiger partial charge in [-0.05, 0) is 24.1 Å². The quantitative estimate of drug-likeness (QED) is 0.902. The number of aryl methyl sites for hydroxylation is 2. The van der Waals surface area contributed by atoms with Crippen LogP contribution in [0.1, 0.15) is 12.0 Å². The van der Waals surface area contributed by atoms with Gasteiger partial charge < -0.3 is 5.32 Å². The molecule has 0 unspecified atom stereocenters. The molecule has 1 heterocycles. The van der Waals surface area contributed by atoms with E-state index in [0.717, 1.165) is 11.8 Å². The van der Waals surface area contributed by atoms with E-state index in [-0.39, 0.29) is 27.9 Å². The molecule has 2 rings (SSSR count). The summed E-state index contributed by atoms with van der Waals surface area (Å²) in [6, 6.07) is 4.58. The van der Waals surface area contributed by atoms with Gasteiger partial charge in [0.2, 0.25) is 5.91 Å². The number of amides is 1. The van der Waals surface area contributed by atoms with Crippen molar-refractivity contribution in [2.75, 3.05) is 11.6 Å². The van der Waals surface area contributed by atoms with Gasteiger partial charge in [0.1, 0.15) is 4.90 Å². The molecule has 118 valence electrons. The van der Waals surface area contributed by atoms with E-state index >= 15 is 0 Å². The molecule has 2 aromatic rings. The molecule has 0 aliphatic heterocycles. The first-order valence-corrected chi connectivity index (χ1v) is 8.80. The molecule has 0 aliphatic carbocycles. The fourth-order valence-electron chi connectivity index (χ4n) is 2.06. The standard InChI is InChI=1S/C14H16ClN3O3S/c1-18-9-10(8-16-18)6-7-13(19)17-12-5-3-4-11(15)14(12)22(2,20)21/h3-5,8-9H,6-7H2,1-2H3,(H,17,19). The third-order valence-corrected chi connectivity index (χ3v) is 4.62. The van der Waals surface area contributed by atoms with E-state index in [2.05, 4.69) is 10.4 Å². The van der Waals surface area contributed by atoms with Crippen LogP contribution in [0.3, 0.4) is 0 Å². The lowest BCUT2D eigenvalue weighted by molar-refractivity contribution is -0.116. The van der Waals surface area contributed by atoms with Gasteiger partial charge in [-0.3, -0.25) is 9.48 Å². The number of halogens is 1. The van der Waals surface area contributed by atoms with Crippen molar-refractivity contribution in [1.29, 1.82) is 0 Å². The van der Waals surface area contributed by atoms with Crippen molar-refractivity contribution in [3.8, 4) is 0 Å². The van der Waals surface area contributed by atoms with E-state index in [1.165, 1.54) is 12.1 Å². The highest BCUT2D eigenvalue weighted by Crippen LogP contribution is 2.29. The third kappa shape index (κ3) is 4.08. The second-order valence-electron chi connectivity index (χ2n) is 4.96. The SMILES string of the molecule is Cn1cc(CCC(=O)Nc2cccc(Cl)c2S(C)(=O)=O)cn1. The lowest BCUT2D eigenvalue weighted by Gasteiger charge is -2.11. The molecule has 0 bridgehead atoms. The predicted molar refractivity (Wildman–Crippen MR) is 84.7 cm³/mol. The van der Waals surface area contributed by atoms with Gasteiger partial charge in [0, 0.05) is 25.9 Å². The van der Waals surface area contributed by atoms with Gasteiger partial charge in [0.25, 0.3) is 0 Å². The van der Waals surface area contributed by atoms with Crippen molar-refractivity contribution in [3.05, 3.63) is 41.2 Å².